The van der Waals surface area contributed by atoms with E-state index in [4.69, 9.17) is 9.88 Å². The van der Waals surface area contributed by atoms with E-state index in [2.05, 4.69) is 4.72 Å². The maximum Gasteiger partial charge on any atom is 0.240 e. The summed E-state index contributed by atoms with van der Waals surface area (Å²) in [6.45, 7) is 1.05. The molecule has 1 aromatic carbocycles. The average Bonchev–Trinajstić information content (AvgIpc) is 2.38. The number of nitrogens with two attached hydrogens (primary N) is 1. The van der Waals surface area contributed by atoms with Crippen LogP contribution < -0.4 is 9.86 Å². The smallest absolute Gasteiger partial charge is 0.240 e. The molecule has 1 heterocycles. The molecular formula is C11H16N2O5S2. The van der Waals surface area contributed by atoms with Crippen molar-refractivity contribution in [3.8, 4) is 0 Å². The zero-order chi connectivity index (χ0) is 14.8. The molecule has 112 valence electrons. The van der Waals surface area contributed by atoms with Crippen molar-refractivity contribution in [2.45, 2.75) is 28.7 Å². The maximum atomic E-state index is 12.1. The van der Waals surface area contributed by atoms with Crippen LogP contribution in [0.2, 0.25) is 0 Å². The molecule has 1 aliphatic rings. The Morgan fingerprint density at radius 1 is 1.00 bits per heavy atom. The second-order valence-electron chi connectivity index (χ2n) is 4.52. The highest BCUT2D eigenvalue weighted by atomic mass is 32.2. The Morgan fingerprint density at radius 3 is 2.00 bits per heavy atom. The summed E-state index contributed by atoms with van der Waals surface area (Å²) in [4.78, 5) is -0.112. The van der Waals surface area contributed by atoms with Crippen molar-refractivity contribution >= 4 is 20.0 Å². The van der Waals surface area contributed by atoms with Gasteiger partial charge in [0.05, 0.1) is 9.79 Å². The number of sulfonamides is 2. The Morgan fingerprint density at radius 2 is 1.50 bits per heavy atom. The fourth-order valence-corrected chi connectivity index (χ4v) is 3.73. The van der Waals surface area contributed by atoms with Gasteiger partial charge in [0, 0.05) is 19.3 Å². The monoisotopic (exact) mass is 320 g/mol. The summed E-state index contributed by atoms with van der Waals surface area (Å²) in [5.74, 6) is 0. The summed E-state index contributed by atoms with van der Waals surface area (Å²) in [6.07, 6.45) is 1.24. The minimum atomic E-state index is -3.82. The van der Waals surface area contributed by atoms with Gasteiger partial charge in [-0.2, -0.15) is 0 Å². The van der Waals surface area contributed by atoms with Gasteiger partial charge in [-0.25, -0.2) is 26.7 Å². The normalized spacial score (nSPS) is 18.1. The SMILES string of the molecule is NS(=O)(=O)c1ccc(S(=O)(=O)NC2CCOCC2)cc1. The standard InChI is InChI=1S/C11H16N2O5S2/c12-19(14,15)10-1-3-11(4-2-10)20(16,17)13-9-5-7-18-8-6-9/h1-4,9,13H,5-8H2,(H2,12,14,15). The third-order valence-electron chi connectivity index (χ3n) is 3.01. The molecule has 2 rings (SSSR count). The van der Waals surface area contributed by atoms with Crippen LogP contribution in [0.4, 0.5) is 0 Å². The van der Waals surface area contributed by atoms with Crippen molar-refractivity contribution in [1.29, 1.82) is 0 Å². The van der Waals surface area contributed by atoms with Gasteiger partial charge >= 0.3 is 0 Å². The molecule has 1 saturated heterocycles. The van der Waals surface area contributed by atoms with Crippen LogP contribution in [0.3, 0.4) is 0 Å². The summed E-state index contributed by atoms with van der Waals surface area (Å²) in [6, 6.07) is 4.64. The van der Waals surface area contributed by atoms with E-state index in [-0.39, 0.29) is 15.8 Å². The first kappa shape index (κ1) is 15.4. The van der Waals surface area contributed by atoms with Gasteiger partial charge in [0.25, 0.3) is 0 Å². The zero-order valence-corrected chi connectivity index (χ0v) is 12.3. The second kappa shape index (κ2) is 5.78. The lowest BCUT2D eigenvalue weighted by Crippen LogP contribution is -2.38. The predicted molar refractivity (Wildman–Crippen MR) is 72.0 cm³/mol. The van der Waals surface area contributed by atoms with Crippen LogP contribution in [0.25, 0.3) is 0 Å². The lowest BCUT2D eigenvalue weighted by molar-refractivity contribution is 0.0832. The van der Waals surface area contributed by atoms with Crippen LogP contribution in [0.15, 0.2) is 34.1 Å². The van der Waals surface area contributed by atoms with Crippen LogP contribution in [0.5, 0.6) is 0 Å². The molecule has 0 atom stereocenters. The first-order valence-corrected chi connectivity index (χ1v) is 9.05. The van der Waals surface area contributed by atoms with Gasteiger partial charge in [-0.1, -0.05) is 0 Å². The quantitative estimate of drug-likeness (QED) is 0.796. The summed E-state index contributed by atoms with van der Waals surface area (Å²) >= 11 is 0. The molecule has 7 nitrogen and oxygen atoms in total. The molecule has 1 aromatic rings. The second-order valence-corrected chi connectivity index (χ2v) is 7.80. The molecule has 0 amide bonds. The van der Waals surface area contributed by atoms with Crippen molar-refractivity contribution in [3.05, 3.63) is 24.3 Å². The van der Waals surface area contributed by atoms with Gasteiger partial charge < -0.3 is 4.74 Å². The third kappa shape index (κ3) is 3.76. The highest BCUT2D eigenvalue weighted by Gasteiger charge is 2.22. The topological polar surface area (TPSA) is 116 Å². The molecule has 0 radical (unpaired) electrons. The predicted octanol–water partition coefficient (Wildman–Crippen LogP) is -0.209. The van der Waals surface area contributed by atoms with E-state index in [1.807, 2.05) is 0 Å². The van der Waals surface area contributed by atoms with Crippen molar-refractivity contribution in [3.63, 3.8) is 0 Å². The van der Waals surface area contributed by atoms with E-state index in [0.717, 1.165) is 0 Å². The lowest BCUT2D eigenvalue weighted by atomic mass is 10.1. The van der Waals surface area contributed by atoms with Crippen molar-refractivity contribution in [2.75, 3.05) is 13.2 Å². The van der Waals surface area contributed by atoms with Gasteiger partial charge in [-0.15, -0.1) is 0 Å². The Bertz CT molecular complexity index is 661. The lowest BCUT2D eigenvalue weighted by Gasteiger charge is -2.22. The molecule has 0 spiro atoms. The molecule has 0 saturated carbocycles. The molecular weight excluding hydrogens is 304 g/mol. The van der Waals surface area contributed by atoms with Gasteiger partial charge in [0.15, 0.2) is 0 Å². The van der Waals surface area contributed by atoms with Gasteiger partial charge in [-0.05, 0) is 37.1 Å². The first-order valence-electron chi connectivity index (χ1n) is 6.02. The molecule has 9 heteroatoms. The van der Waals surface area contributed by atoms with Gasteiger partial charge in [-0.3, -0.25) is 0 Å². The number of nitrogens with one attached hydrogen (secondary N) is 1. The minimum absolute atomic E-state index is 0.0105. The summed E-state index contributed by atoms with van der Waals surface area (Å²) in [5.41, 5.74) is 0. The Labute approximate surface area is 118 Å². The minimum Gasteiger partial charge on any atom is -0.381 e. The summed E-state index contributed by atoms with van der Waals surface area (Å²) in [5, 5.41) is 4.96. The average molecular weight is 320 g/mol. The highest BCUT2D eigenvalue weighted by molar-refractivity contribution is 7.89. The number of hydrogen-bond acceptors (Lipinski definition) is 5. The van der Waals surface area contributed by atoms with Crippen LogP contribution in [0.1, 0.15) is 12.8 Å². The molecule has 0 bridgehead atoms. The van der Waals surface area contributed by atoms with E-state index in [1.165, 1.54) is 24.3 Å². The molecule has 0 aliphatic carbocycles. The fraction of sp³-hybridized carbons (Fsp3) is 0.455. The van der Waals surface area contributed by atoms with E-state index < -0.39 is 20.0 Å². The first-order chi connectivity index (χ1) is 9.29. The van der Waals surface area contributed by atoms with E-state index in [1.54, 1.807) is 0 Å². The van der Waals surface area contributed by atoms with E-state index in [9.17, 15) is 16.8 Å². The maximum absolute atomic E-state index is 12.1. The largest absolute Gasteiger partial charge is 0.381 e. The van der Waals surface area contributed by atoms with Gasteiger partial charge in [0.1, 0.15) is 0 Å². The molecule has 3 N–H and O–H groups in total. The van der Waals surface area contributed by atoms with Crippen LogP contribution in [0, 0.1) is 0 Å². The number of rotatable bonds is 4. The highest BCUT2D eigenvalue weighted by Crippen LogP contribution is 2.15. The zero-order valence-electron chi connectivity index (χ0n) is 10.7. The molecule has 1 aliphatic heterocycles. The van der Waals surface area contributed by atoms with Gasteiger partial charge in [0.2, 0.25) is 20.0 Å². The third-order valence-corrected chi connectivity index (χ3v) is 5.47. The Balaban J connectivity index is 2.17. The summed E-state index contributed by atoms with van der Waals surface area (Å²) in [7, 11) is -7.49. The van der Waals surface area contributed by atoms with Crippen LogP contribution >= 0.6 is 0 Å². The fourth-order valence-electron chi connectivity index (χ4n) is 1.91. The molecule has 1 fully saturated rings. The number of primary sulfonamides is 1. The molecule has 0 unspecified atom stereocenters. The number of ether oxygens (including phenoxy) is 1. The van der Waals surface area contributed by atoms with Crippen LogP contribution in [-0.2, 0) is 24.8 Å². The molecule has 0 aromatic heterocycles. The number of benzene rings is 1. The van der Waals surface area contributed by atoms with Crippen molar-refractivity contribution < 1.29 is 21.6 Å². The number of hydrogen-bond donors (Lipinski definition) is 2. The van der Waals surface area contributed by atoms with Crippen molar-refractivity contribution in [2.24, 2.45) is 5.14 Å². The Kier molecular flexibility index (Phi) is 4.45. The summed E-state index contributed by atoms with van der Waals surface area (Å²) < 4.78 is 54.2. The van der Waals surface area contributed by atoms with Crippen LogP contribution in [-0.4, -0.2) is 36.1 Å². The van der Waals surface area contributed by atoms with E-state index in [0.29, 0.717) is 26.1 Å². The Hall–Kier alpha value is -1.00. The van der Waals surface area contributed by atoms with E-state index >= 15 is 0 Å². The molecule has 20 heavy (non-hydrogen) atoms. The van der Waals surface area contributed by atoms with Crippen molar-refractivity contribution in [1.82, 2.24) is 4.72 Å².